The van der Waals surface area contributed by atoms with Gasteiger partial charge in [0.1, 0.15) is 0 Å². The van der Waals surface area contributed by atoms with E-state index < -0.39 is 0 Å². The highest BCUT2D eigenvalue weighted by Gasteiger charge is 2.05. The molecule has 1 aromatic rings. The topological polar surface area (TPSA) is 41.1 Å². The normalized spacial score (nSPS) is 12.0. The van der Waals surface area contributed by atoms with Crippen LogP contribution in [-0.2, 0) is 4.79 Å². The first kappa shape index (κ1) is 17.5. The van der Waals surface area contributed by atoms with Crippen LogP contribution in [0.15, 0.2) is 18.2 Å². The van der Waals surface area contributed by atoms with Crippen LogP contribution in [-0.4, -0.2) is 11.9 Å². The molecule has 0 radical (unpaired) electrons. The average Bonchev–Trinajstić information content (AvgIpc) is 2.41. The molecule has 1 unspecified atom stereocenters. The van der Waals surface area contributed by atoms with Crippen molar-refractivity contribution >= 4 is 17.3 Å². The molecule has 0 spiro atoms. The van der Waals surface area contributed by atoms with Crippen LogP contribution in [0.5, 0.6) is 0 Å². The largest absolute Gasteiger partial charge is 0.383 e. The summed E-state index contributed by atoms with van der Waals surface area (Å²) < 4.78 is 0. The molecule has 1 amide bonds. The number of carbonyl (C=O) groups is 1. The molecule has 118 valence electrons. The predicted molar refractivity (Wildman–Crippen MR) is 91.9 cm³/mol. The van der Waals surface area contributed by atoms with E-state index in [-0.39, 0.29) is 5.91 Å². The van der Waals surface area contributed by atoms with Crippen molar-refractivity contribution < 1.29 is 4.79 Å². The van der Waals surface area contributed by atoms with Crippen molar-refractivity contribution in [3.63, 3.8) is 0 Å². The summed E-state index contributed by atoms with van der Waals surface area (Å²) in [5.41, 5.74) is 3.10. The van der Waals surface area contributed by atoms with E-state index in [2.05, 4.69) is 30.5 Å². The van der Waals surface area contributed by atoms with Crippen molar-refractivity contribution in [3.8, 4) is 0 Å². The minimum atomic E-state index is -0.0285. The third kappa shape index (κ3) is 7.16. The maximum absolute atomic E-state index is 11.1. The lowest BCUT2D eigenvalue weighted by Gasteiger charge is -2.16. The fourth-order valence-corrected chi connectivity index (χ4v) is 2.49. The summed E-state index contributed by atoms with van der Waals surface area (Å²) in [7, 11) is 0. The lowest BCUT2D eigenvalue weighted by atomic mass is 10.1. The van der Waals surface area contributed by atoms with Crippen LogP contribution >= 0.6 is 0 Å². The van der Waals surface area contributed by atoms with Crippen LogP contribution in [0.4, 0.5) is 11.4 Å². The van der Waals surface area contributed by atoms with E-state index in [1.54, 1.807) is 0 Å². The molecule has 0 aliphatic heterocycles. The lowest BCUT2D eigenvalue weighted by molar-refractivity contribution is -0.114. The van der Waals surface area contributed by atoms with E-state index >= 15 is 0 Å². The molecule has 3 nitrogen and oxygen atoms in total. The number of rotatable bonds is 9. The number of anilines is 2. The summed E-state index contributed by atoms with van der Waals surface area (Å²) in [4.78, 5) is 11.1. The highest BCUT2D eigenvalue weighted by molar-refractivity contribution is 5.89. The van der Waals surface area contributed by atoms with Crippen LogP contribution in [0.25, 0.3) is 0 Å². The summed E-state index contributed by atoms with van der Waals surface area (Å²) in [6.45, 7) is 8.03. The van der Waals surface area contributed by atoms with Crippen LogP contribution in [0.2, 0.25) is 0 Å². The molecule has 1 aromatic carbocycles. The minimum absolute atomic E-state index is 0.0285. The third-order valence-corrected chi connectivity index (χ3v) is 3.69. The molecule has 0 saturated carbocycles. The highest BCUT2D eigenvalue weighted by Crippen LogP contribution is 2.21. The Morgan fingerprint density at radius 1 is 1.19 bits per heavy atom. The minimum Gasteiger partial charge on any atom is -0.383 e. The first-order valence-electron chi connectivity index (χ1n) is 8.17. The van der Waals surface area contributed by atoms with Crippen molar-refractivity contribution in [3.05, 3.63) is 23.8 Å². The van der Waals surface area contributed by atoms with Crippen molar-refractivity contribution in [2.75, 3.05) is 10.6 Å². The lowest BCUT2D eigenvalue weighted by Crippen LogP contribution is -2.15. The molecule has 0 aliphatic rings. The van der Waals surface area contributed by atoms with Gasteiger partial charge in [0.25, 0.3) is 0 Å². The van der Waals surface area contributed by atoms with E-state index in [0.717, 1.165) is 16.9 Å². The van der Waals surface area contributed by atoms with Crippen molar-refractivity contribution in [1.29, 1.82) is 0 Å². The first-order chi connectivity index (χ1) is 10.0. The average molecular weight is 290 g/mol. The van der Waals surface area contributed by atoms with Gasteiger partial charge in [-0.1, -0.05) is 39.0 Å². The SMILES string of the molecule is CCCCCCCC(C)Nc1ccc(NC(C)=O)c(C)c1. The van der Waals surface area contributed by atoms with Crippen molar-refractivity contribution in [2.45, 2.75) is 72.3 Å². The molecule has 1 rings (SSSR count). The molecule has 0 fully saturated rings. The molecule has 21 heavy (non-hydrogen) atoms. The second-order valence-corrected chi connectivity index (χ2v) is 5.96. The van der Waals surface area contributed by atoms with E-state index in [1.165, 1.54) is 45.4 Å². The second-order valence-electron chi connectivity index (χ2n) is 5.96. The van der Waals surface area contributed by atoms with E-state index in [0.29, 0.717) is 6.04 Å². The Kier molecular flexibility index (Phi) is 7.88. The maximum Gasteiger partial charge on any atom is 0.221 e. The summed E-state index contributed by atoms with van der Waals surface area (Å²) in [5.74, 6) is -0.0285. The Balaban J connectivity index is 2.40. The van der Waals surface area contributed by atoms with Gasteiger partial charge in [0.05, 0.1) is 0 Å². The molecule has 2 N–H and O–H groups in total. The van der Waals surface area contributed by atoms with Crippen molar-refractivity contribution in [2.24, 2.45) is 0 Å². The molecule has 0 heterocycles. The predicted octanol–water partition coefficient (Wildman–Crippen LogP) is 5.11. The van der Waals surface area contributed by atoms with Gasteiger partial charge in [0, 0.05) is 24.3 Å². The molecule has 0 aromatic heterocycles. The highest BCUT2D eigenvalue weighted by atomic mass is 16.1. The quantitative estimate of drug-likeness (QED) is 0.620. The zero-order valence-electron chi connectivity index (χ0n) is 14.0. The number of hydrogen-bond acceptors (Lipinski definition) is 2. The van der Waals surface area contributed by atoms with Gasteiger partial charge in [-0.3, -0.25) is 4.79 Å². The zero-order valence-corrected chi connectivity index (χ0v) is 14.0. The van der Waals surface area contributed by atoms with Gasteiger partial charge in [-0.25, -0.2) is 0 Å². The fraction of sp³-hybridized carbons (Fsp3) is 0.611. The van der Waals surface area contributed by atoms with Gasteiger partial charge in [-0.15, -0.1) is 0 Å². The molecule has 0 bridgehead atoms. The number of benzene rings is 1. The second kappa shape index (κ2) is 9.43. The van der Waals surface area contributed by atoms with Gasteiger partial charge in [-0.05, 0) is 44.0 Å². The Hall–Kier alpha value is -1.51. The molecular weight excluding hydrogens is 260 g/mol. The third-order valence-electron chi connectivity index (χ3n) is 3.69. The monoisotopic (exact) mass is 290 g/mol. The number of carbonyl (C=O) groups excluding carboxylic acids is 1. The Bertz CT molecular complexity index is 443. The number of nitrogens with one attached hydrogen (secondary N) is 2. The van der Waals surface area contributed by atoms with Crippen LogP contribution < -0.4 is 10.6 Å². The summed E-state index contributed by atoms with van der Waals surface area (Å²) in [5, 5.41) is 6.38. The van der Waals surface area contributed by atoms with Gasteiger partial charge >= 0.3 is 0 Å². The molecule has 0 aliphatic carbocycles. The van der Waals surface area contributed by atoms with Gasteiger partial charge < -0.3 is 10.6 Å². The Labute approximate surface area is 129 Å². The number of aryl methyl sites for hydroxylation is 1. The standard InChI is InChI=1S/C18H30N2O/c1-5-6-7-8-9-10-15(3)19-17-11-12-18(14(2)13-17)20-16(4)21/h11-13,15,19H,5-10H2,1-4H3,(H,20,21). The van der Waals surface area contributed by atoms with Gasteiger partial charge in [0.15, 0.2) is 0 Å². The van der Waals surface area contributed by atoms with Crippen LogP contribution in [0.1, 0.15) is 64.9 Å². The Morgan fingerprint density at radius 3 is 2.52 bits per heavy atom. The van der Waals surface area contributed by atoms with E-state index in [1.807, 2.05) is 19.1 Å². The molecular formula is C18H30N2O. The van der Waals surface area contributed by atoms with Crippen LogP contribution in [0, 0.1) is 6.92 Å². The summed E-state index contributed by atoms with van der Waals surface area (Å²) >= 11 is 0. The van der Waals surface area contributed by atoms with Crippen molar-refractivity contribution in [1.82, 2.24) is 0 Å². The van der Waals surface area contributed by atoms with E-state index in [9.17, 15) is 4.79 Å². The number of unbranched alkanes of at least 4 members (excludes halogenated alkanes) is 4. The van der Waals surface area contributed by atoms with Gasteiger partial charge in [0.2, 0.25) is 5.91 Å². The zero-order chi connectivity index (χ0) is 15.7. The number of hydrogen-bond donors (Lipinski definition) is 2. The number of amides is 1. The maximum atomic E-state index is 11.1. The summed E-state index contributed by atoms with van der Waals surface area (Å²) in [6, 6.07) is 6.58. The van der Waals surface area contributed by atoms with E-state index in [4.69, 9.17) is 0 Å². The van der Waals surface area contributed by atoms with Crippen LogP contribution in [0.3, 0.4) is 0 Å². The summed E-state index contributed by atoms with van der Waals surface area (Å²) in [6.07, 6.45) is 7.83. The molecule has 1 atom stereocenters. The molecule has 0 saturated heterocycles. The smallest absolute Gasteiger partial charge is 0.221 e. The Morgan fingerprint density at radius 2 is 1.90 bits per heavy atom. The van der Waals surface area contributed by atoms with Gasteiger partial charge in [-0.2, -0.15) is 0 Å². The fourth-order valence-electron chi connectivity index (χ4n) is 2.49. The first-order valence-corrected chi connectivity index (χ1v) is 8.17. The molecule has 3 heteroatoms.